The molecule has 2 aliphatic carbocycles. The highest BCUT2D eigenvalue weighted by Gasteiger charge is 2.48. The van der Waals surface area contributed by atoms with E-state index in [1.807, 2.05) is 121 Å². The topological polar surface area (TPSA) is 61.8 Å². The zero-order chi connectivity index (χ0) is 49.5. The summed E-state index contributed by atoms with van der Waals surface area (Å²) in [6, 6.07) is 73.8. The summed E-state index contributed by atoms with van der Waals surface area (Å²) in [5.74, 6) is 14.6. The number of ether oxygens (including phenoxy) is 3. The maximum Gasteiger partial charge on any atom is 0.193 e. The molecule has 73 heavy (non-hydrogen) atoms. The maximum absolute atomic E-state index is 14.3. The molecule has 0 amide bonds. The van der Waals surface area contributed by atoms with Gasteiger partial charge in [0.15, 0.2) is 11.6 Å². The molecule has 0 bridgehead atoms. The van der Waals surface area contributed by atoms with Crippen molar-refractivity contribution in [1.82, 2.24) is 0 Å². The molecule has 10 aromatic carbocycles. The number of carbonyl (C=O) groups is 2. The second kappa shape index (κ2) is 18.4. The standard InChI is InChI=1S/C68H46O5/c1-3-5-39-71-55-33-25-45-41-51(27-23-47(45)43-55)67(61-19-11-7-15-57(61)65(69)58-16-8-12-20-62(58)67)49-29-35-53(36-30-49)73-54-37-31-50(32-38-54)68(52-28-24-48-44-56(72-40-6-4-2)34-26-46(48)42-52)63-21-13-9-17-59(63)66(70)60-18-10-14-22-64(60)68/h7-38,41-44H,39-40H2,1-2H3. The fourth-order valence-electron chi connectivity index (χ4n) is 11.3. The third-order valence-corrected chi connectivity index (χ3v) is 14.6. The van der Waals surface area contributed by atoms with Crippen LogP contribution in [-0.4, -0.2) is 24.8 Å². The third-order valence-electron chi connectivity index (χ3n) is 14.6. The number of benzene rings is 10. The van der Waals surface area contributed by atoms with Crippen LogP contribution in [0.15, 0.2) is 218 Å². The van der Waals surface area contributed by atoms with Gasteiger partial charge in [-0.15, -0.1) is 11.8 Å². The van der Waals surface area contributed by atoms with Crippen molar-refractivity contribution in [3.8, 4) is 46.7 Å². The van der Waals surface area contributed by atoms with Crippen LogP contribution in [0.5, 0.6) is 23.0 Å². The summed E-state index contributed by atoms with van der Waals surface area (Å²) in [6.45, 7) is 4.25. The molecule has 0 heterocycles. The molecule has 0 unspecified atom stereocenters. The first-order chi connectivity index (χ1) is 35.9. The number of hydrogen-bond donors (Lipinski definition) is 0. The van der Waals surface area contributed by atoms with E-state index in [9.17, 15) is 9.59 Å². The smallest absolute Gasteiger partial charge is 0.193 e. The lowest BCUT2D eigenvalue weighted by Gasteiger charge is -2.42. The van der Waals surface area contributed by atoms with E-state index in [2.05, 4.69) is 121 Å². The van der Waals surface area contributed by atoms with Crippen molar-refractivity contribution in [2.24, 2.45) is 0 Å². The van der Waals surface area contributed by atoms with Gasteiger partial charge in [0.1, 0.15) is 36.2 Å². The molecule has 0 spiro atoms. The molecular weight excluding hydrogens is 897 g/mol. The number of hydrogen-bond acceptors (Lipinski definition) is 5. The Bertz CT molecular complexity index is 3610. The highest BCUT2D eigenvalue weighted by Crippen LogP contribution is 2.53. The Labute approximate surface area is 424 Å². The van der Waals surface area contributed by atoms with Crippen LogP contribution >= 0.6 is 0 Å². The summed E-state index contributed by atoms with van der Waals surface area (Å²) in [7, 11) is 0. The van der Waals surface area contributed by atoms with Crippen LogP contribution in [0, 0.1) is 23.7 Å². The van der Waals surface area contributed by atoms with E-state index in [1.165, 1.54) is 0 Å². The van der Waals surface area contributed by atoms with E-state index in [-0.39, 0.29) is 11.6 Å². The van der Waals surface area contributed by atoms with Gasteiger partial charge in [0.25, 0.3) is 0 Å². The molecule has 5 nitrogen and oxygen atoms in total. The van der Waals surface area contributed by atoms with Crippen LogP contribution in [0.3, 0.4) is 0 Å². The highest BCUT2D eigenvalue weighted by atomic mass is 16.5. The molecule has 2 aliphatic rings. The molecule has 0 saturated carbocycles. The Hall–Kier alpha value is -9.42. The number of fused-ring (bicyclic) bond motifs is 6. The summed E-state index contributed by atoms with van der Waals surface area (Å²) >= 11 is 0. The minimum Gasteiger partial charge on any atom is -0.481 e. The quantitative estimate of drug-likeness (QED) is 0.128. The van der Waals surface area contributed by atoms with Crippen LogP contribution in [-0.2, 0) is 10.8 Å². The summed E-state index contributed by atoms with van der Waals surface area (Å²) in [5, 5.41) is 4.17. The SMILES string of the molecule is CC#CCOc1ccc2cc(C3(c4ccc(Oc5ccc(C6(c7ccc8cc(OCC#CC)ccc8c7)c7ccccc7C(=O)c7ccccc76)cc5)cc4)c4ccccc4C(=O)c4ccccc43)ccc2c1. The van der Waals surface area contributed by atoms with Gasteiger partial charge >= 0.3 is 0 Å². The minimum absolute atomic E-state index is 0.00937. The Morgan fingerprint density at radius 3 is 1.00 bits per heavy atom. The molecule has 5 heteroatoms. The Morgan fingerprint density at radius 2 is 0.644 bits per heavy atom. The summed E-state index contributed by atoms with van der Waals surface area (Å²) in [5.41, 5.74) is 8.76. The summed E-state index contributed by atoms with van der Waals surface area (Å²) in [4.78, 5) is 28.5. The maximum atomic E-state index is 14.3. The monoisotopic (exact) mass is 942 g/mol. The van der Waals surface area contributed by atoms with E-state index in [1.54, 1.807) is 13.8 Å². The second-order valence-electron chi connectivity index (χ2n) is 18.4. The minimum atomic E-state index is -0.841. The van der Waals surface area contributed by atoms with Crippen molar-refractivity contribution in [2.45, 2.75) is 24.7 Å². The Morgan fingerprint density at radius 1 is 0.342 bits per heavy atom. The first-order valence-corrected chi connectivity index (χ1v) is 24.4. The first-order valence-electron chi connectivity index (χ1n) is 24.4. The van der Waals surface area contributed by atoms with Gasteiger partial charge in [-0.1, -0.05) is 170 Å². The van der Waals surface area contributed by atoms with Gasteiger partial charge in [-0.25, -0.2) is 0 Å². The summed E-state index contributed by atoms with van der Waals surface area (Å²) < 4.78 is 18.6. The molecule has 0 aromatic heterocycles. The first kappa shape index (κ1) is 44.8. The van der Waals surface area contributed by atoms with Gasteiger partial charge < -0.3 is 14.2 Å². The molecule has 0 saturated heterocycles. The predicted octanol–water partition coefficient (Wildman–Crippen LogP) is 14.4. The molecule has 0 atom stereocenters. The highest BCUT2D eigenvalue weighted by molar-refractivity contribution is 6.15. The van der Waals surface area contributed by atoms with Crippen LogP contribution in [0.25, 0.3) is 21.5 Å². The van der Waals surface area contributed by atoms with Gasteiger partial charge in [-0.3, -0.25) is 9.59 Å². The lowest BCUT2D eigenvalue weighted by atomic mass is 9.59. The van der Waals surface area contributed by atoms with Crippen molar-refractivity contribution < 1.29 is 23.8 Å². The van der Waals surface area contributed by atoms with Crippen molar-refractivity contribution in [1.29, 1.82) is 0 Å². The number of carbonyl (C=O) groups excluding carboxylic acids is 2. The lowest BCUT2D eigenvalue weighted by molar-refractivity contribution is 0.102. The van der Waals surface area contributed by atoms with Crippen LogP contribution < -0.4 is 14.2 Å². The zero-order valence-electron chi connectivity index (χ0n) is 40.2. The van der Waals surface area contributed by atoms with E-state index in [0.29, 0.717) is 47.0 Å². The largest absolute Gasteiger partial charge is 0.481 e. The van der Waals surface area contributed by atoms with E-state index in [4.69, 9.17) is 14.2 Å². The molecule has 12 rings (SSSR count). The predicted molar refractivity (Wildman–Crippen MR) is 289 cm³/mol. The van der Waals surface area contributed by atoms with Crippen molar-refractivity contribution in [3.63, 3.8) is 0 Å². The van der Waals surface area contributed by atoms with Crippen LogP contribution in [0.2, 0.25) is 0 Å². The van der Waals surface area contributed by atoms with E-state index in [0.717, 1.165) is 77.6 Å². The Kier molecular flexibility index (Phi) is 11.3. The lowest BCUT2D eigenvalue weighted by Crippen LogP contribution is -2.38. The second-order valence-corrected chi connectivity index (χ2v) is 18.4. The molecule has 0 N–H and O–H groups in total. The molecule has 10 aromatic rings. The average molecular weight is 943 g/mol. The normalized spacial score (nSPS) is 13.5. The molecule has 0 aliphatic heterocycles. The van der Waals surface area contributed by atoms with Crippen molar-refractivity contribution >= 4 is 33.1 Å². The third kappa shape index (κ3) is 7.37. The van der Waals surface area contributed by atoms with Crippen LogP contribution in [0.4, 0.5) is 0 Å². The molecule has 348 valence electrons. The molecule has 0 radical (unpaired) electrons. The van der Waals surface area contributed by atoms with E-state index < -0.39 is 10.8 Å². The van der Waals surface area contributed by atoms with Gasteiger partial charge in [-0.05, 0) is 141 Å². The van der Waals surface area contributed by atoms with Gasteiger partial charge in [0.05, 0.1) is 10.8 Å². The molecule has 0 fully saturated rings. The fourth-order valence-corrected chi connectivity index (χ4v) is 11.3. The molecular formula is C68H46O5. The average Bonchev–Trinajstić information content (AvgIpc) is 3.44. The number of ketones is 2. The fraction of sp³-hybridized carbons (Fsp3) is 0.0882. The van der Waals surface area contributed by atoms with Gasteiger partial charge in [-0.2, -0.15) is 0 Å². The van der Waals surface area contributed by atoms with Gasteiger partial charge in [0, 0.05) is 22.3 Å². The van der Waals surface area contributed by atoms with E-state index >= 15 is 0 Å². The van der Waals surface area contributed by atoms with Crippen LogP contribution in [0.1, 0.15) is 90.2 Å². The zero-order valence-corrected chi connectivity index (χ0v) is 40.2. The number of rotatable bonds is 10. The van der Waals surface area contributed by atoms with Crippen molar-refractivity contribution in [2.75, 3.05) is 13.2 Å². The van der Waals surface area contributed by atoms with Gasteiger partial charge in [0.2, 0.25) is 0 Å². The summed E-state index contributed by atoms with van der Waals surface area (Å²) in [6.07, 6.45) is 0. The van der Waals surface area contributed by atoms with Crippen molar-refractivity contribution in [3.05, 3.63) is 285 Å². The Balaban J connectivity index is 0.942.